The topological polar surface area (TPSA) is 120 Å². The molecule has 7 nitrogen and oxygen atoms in total. The molecule has 1 aromatic carbocycles. The van der Waals surface area contributed by atoms with Crippen LogP contribution >= 0.6 is 0 Å². The molecule has 0 unspecified atom stereocenters. The number of rotatable bonds is 10. The van der Waals surface area contributed by atoms with Crippen molar-refractivity contribution >= 4 is 17.8 Å². The molecule has 0 radical (unpaired) electrons. The van der Waals surface area contributed by atoms with Gasteiger partial charge in [-0.05, 0) is 37.7 Å². The summed E-state index contributed by atoms with van der Waals surface area (Å²) in [6, 6.07) is 10.00. The fraction of sp³-hybridized carbons (Fsp3) is 0.550. The van der Waals surface area contributed by atoms with Gasteiger partial charge in [-0.25, -0.2) is 0 Å². The third-order valence-electron chi connectivity index (χ3n) is 5.07. The van der Waals surface area contributed by atoms with E-state index >= 15 is 0 Å². The number of guanidine groups is 1. The van der Waals surface area contributed by atoms with Crippen molar-refractivity contribution < 1.29 is 9.59 Å². The Morgan fingerprint density at radius 1 is 0.926 bits per heavy atom. The monoisotopic (exact) mass is 373 g/mol. The SMILES string of the molecule is N=C(N)NCCCCNC(=O)C1(C(=O)NCCc2ccccc2)CCCC1. The van der Waals surface area contributed by atoms with Crippen LogP contribution in [0.4, 0.5) is 0 Å². The predicted molar refractivity (Wildman–Crippen MR) is 106 cm³/mol. The third-order valence-corrected chi connectivity index (χ3v) is 5.07. The molecule has 0 saturated heterocycles. The average Bonchev–Trinajstić information content (AvgIpc) is 3.16. The quantitative estimate of drug-likeness (QED) is 0.184. The number of carbonyl (C=O) groups excluding carboxylic acids is 2. The number of carbonyl (C=O) groups is 2. The number of nitrogens with one attached hydrogen (secondary N) is 4. The highest BCUT2D eigenvalue weighted by atomic mass is 16.2. The molecule has 0 aliphatic heterocycles. The van der Waals surface area contributed by atoms with Crippen LogP contribution in [0.1, 0.15) is 44.1 Å². The van der Waals surface area contributed by atoms with Gasteiger partial charge in [0.25, 0.3) is 0 Å². The van der Waals surface area contributed by atoms with E-state index in [9.17, 15) is 9.59 Å². The maximum atomic E-state index is 12.8. The number of unbranched alkanes of at least 4 members (excludes halogenated alkanes) is 1. The summed E-state index contributed by atoms with van der Waals surface area (Å²) in [7, 11) is 0. The van der Waals surface area contributed by atoms with Crippen LogP contribution in [-0.4, -0.2) is 37.4 Å². The number of nitrogens with two attached hydrogens (primary N) is 1. The van der Waals surface area contributed by atoms with Crippen LogP contribution in [0.15, 0.2) is 30.3 Å². The maximum Gasteiger partial charge on any atom is 0.235 e. The lowest BCUT2D eigenvalue weighted by Gasteiger charge is -2.26. The Bertz CT molecular complexity index is 627. The van der Waals surface area contributed by atoms with Gasteiger partial charge in [0.2, 0.25) is 11.8 Å². The van der Waals surface area contributed by atoms with Gasteiger partial charge in [-0.1, -0.05) is 43.2 Å². The van der Waals surface area contributed by atoms with Gasteiger partial charge < -0.3 is 21.7 Å². The Kier molecular flexibility index (Phi) is 8.10. The summed E-state index contributed by atoms with van der Waals surface area (Å²) in [5.41, 5.74) is 5.47. The summed E-state index contributed by atoms with van der Waals surface area (Å²) in [5, 5.41) is 15.7. The number of hydrogen-bond acceptors (Lipinski definition) is 3. The van der Waals surface area contributed by atoms with Crippen LogP contribution in [0.2, 0.25) is 0 Å². The third kappa shape index (κ3) is 6.27. The van der Waals surface area contributed by atoms with E-state index in [4.69, 9.17) is 11.1 Å². The molecule has 1 aromatic rings. The molecule has 0 spiro atoms. The van der Waals surface area contributed by atoms with Crippen molar-refractivity contribution in [2.75, 3.05) is 19.6 Å². The smallest absolute Gasteiger partial charge is 0.235 e. The highest BCUT2D eigenvalue weighted by Crippen LogP contribution is 2.38. The number of benzene rings is 1. The largest absolute Gasteiger partial charge is 0.370 e. The van der Waals surface area contributed by atoms with Crippen molar-refractivity contribution in [2.45, 2.75) is 44.9 Å². The van der Waals surface area contributed by atoms with Gasteiger partial charge in [0.1, 0.15) is 5.41 Å². The molecule has 0 atom stereocenters. The molecule has 0 heterocycles. The Labute approximate surface area is 161 Å². The zero-order valence-electron chi connectivity index (χ0n) is 15.9. The van der Waals surface area contributed by atoms with Crippen molar-refractivity contribution in [1.82, 2.24) is 16.0 Å². The van der Waals surface area contributed by atoms with Crippen molar-refractivity contribution in [2.24, 2.45) is 11.1 Å². The fourth-order valence-electron chi connectivity index (χ4n) is 3.51. The van der Waals surface area contributed by atoms with Crippen LogP contribution in [0.5, 0.6) is 0 Å². The Hall–Kier alpha value is -2.57. The zero-order chi connectivity index (χ0) is 19.5. The van der Waals surface area contributed by atoms with Gasteiger partial charge >= 0.3 is 0 Å². The Morgan fingerprint density at radius 3 is 2.07 bits per heavy atom. The molecule has 2 amide bonds. The van der Waals surface area contributed by atoms with Crippen molar-refractivity contribution in [1.29, 1.82) is 5.41 Å². The van der Waals surface area contributed by atoms with E-state index < -0.39 is 5.41 Å². The standard InChI is InChI=1S/C20H31N5O2/c21-19(22)25-14-7-6-13-23-17(26)20(11-4-5-12-20)18(27)24-15-10-16-8-2-1-3-9-16/h1-3,8-9H,4-7,10-15H2,(H,23,26)(H,24,27)(H4,21,22,25). The molecule has 1 fully saturated rings. The second kappa shape index (κ2) is 10.5. The van der Waals surface area contributed by atoms with Gasteiger partial charge in [-0.3, -0.25) is 15.0 Å². The van der Waals surface area contributed by atoms with E-state index in [2.05, 4.69) is 16.0 Å². The summed E-state index contributed by atoms with van der Waals surface area (Å²) in [5.74, 6) is -0.348. The van der Waals surface area contributed by atoms with Gasteiger partial charge in [-0.15, -0.1) is 0 Å². The van der Waals surface area contributed by atoms with Crippen molar-refractivity contribution in [3.63, 3.8) is 0 Å². The Morgan fingerprint density at radius 2 is 1.48 bits per heavy atom. The first-order valence-electron chi connectivity index (χ1n) is 9.73. The van der Waals surface area contributed by atoms with Gasteiger partial charge in [0.15, 0.2) is 5.96 Å². The van der Waals surface area contributed by atoms with Crippen LogP contribution in [-0.2, 0) is 16.0 Å². The first kappa shape index (κ1) is 20.7. The summed E-state index contributed by atoms with van der Waals surface area (Å²) in [6.07, 6.45) is 5.37. The molecule has 148 valence electrons. The molecule has 1 aliphatic rings. The molecule has 1 aliphatic carbocycles. The minimum Gasteiger partial charge on any atom is -0.370 e. The van der Waals surface area contributed by atoms with Crippen molar-refractivity contribution in [3.8, 4) is 0 Å². The molecule has 2 rings (SSSR count). The molecular formula is C20H31N5O2. The lowest BCUT2D eigenvalue weighted by atomic mass is 9.83. The normalized spacial score (nSPS) is 15.1. The van der Waals surface area contributed by atoms with E-state index in [1.54, 1.807) is 0 Å². The second-order valence-corrected chi connectivity index (χ2v) is 7.08. The van der Waals surface area contributed by atoms with E-state index in [1.165, 1.54) is 5.56 Å². The summed E-state index contributed by atoms with van der Waals surface area (Å²) >= 11 is 0. The van der Waals surface area contributed by atoms with Gasteiger partial charge in [0, 0.05) is 19.6 Å². The van der Waals surface area contributed by atoms with Crippen LogP contribution in [0.3, 0.4) is 0 Å². The average molecular weight is 374 g/mol. The zero-order valence-corrected chi connectivity index (χ0v) is 15.9. The molecular weight excluding hydrogens is 342 g/mol. The molecule has 0 aromatic heterocycles. The lowest BCUT2D eigenvalue weighted by molar-refractivity contribution is -0.143. The summed E-state index contributed by atoms with van der Waals surface area (Å²) < 4.78 is 0. The molecule has 7 heteroatoms. The second-order valence-electron chi connectivity index (χ2n) is 7.08. The predicted octanol–water partition coefficient (Wildman–Crippen LogP) is 1.29. The van der Waals surface area contributed by atoms with E-state index in [-0.39, 0.29) is 17.8 Å². The Balaban J connectivity index is 1.77. The molecule has 0 bridgehead atoms. The van der Waals surface area contributed by atoms with Gasteiger partial charge in [-0.2, -0.15) is 0 Å². The molecule has 27 heavy (non-hydrogen) atoms. The highest BCUT2D eigenvalue weighted by Gasteiger charge is 2.47. The first-order valence-corrected chi connectivity index (χ1v) is 9.73. The fourth-order valence-corrected chi connectivity index (χ4v) is 3.51. The first-order chi connectivity index (χ1) is 13.0. The minimum atomic E-state index is -0.922. The highest BCUT2D eigenvalue weighted by molar-refractivity contribution is 6.05. The van der Waals surface area contributed by atoms with Gasteiger partial charge in [0.05, 0.1) is 0 Å². The summed E-state index contributed by atoms with van der Waals surface area (Å²) in [4.78, 5) is 25.5. The molecule has 1 saturated carbocycles. The number of amides is 2. The lowest BCUT2D eigenvalue weighted by Crippen LogP contribution is -2.50. The van der Waals surface area contributed by atoms with Crippen LogP contribution in [0, 0.1) is 10.8 Å². The number of hydrogen-bond donors (Lipinski definition) is 5. The summed E-state index contributed by atoms with van der Waals surface area (Å²) in [6.45, 7) is 1.67. The van der Waals surface area contributed by atoms with Crippen molar-refractivity contribution in [3.05, 3.63) is 35.9 Å². The van der Waals surface area contributed by atoms with Crippen LogP contribution in [0.25, 0.3) is 0 Å². The minimum absolute atomic E-state index is 0.0453. The maximum absolute atomic E-state index is 12.8. The van der Waals surface area contributed by atoms with E-state index in [1.807, 2.05) is 30.3 Å². The molecule has 6 N–H and O–H groups in total. The van der Waals surface area contributed by atoms with E-state index in [0.29, 0.717) is 32.5 Å². The van der Waals surface area contributed by atoms with Crippen LogP contribution < -0.4 is 21.7 Å². The van der Waals surface area contributed by atoms with E-state index in [0.717, 1.165) is 32.1 Å².